The molecule has 19 heavy (non-hydrogen) atoms. The molecule has 1 amide bonds. The van der Waals surface area contributed by atoms with Crippen LogP contribution < -0.4 is 15.8 Å². The van der Waals surface area contributed by atoms with Gasteiger partial charge in [-0.05, 0) is 50.8 Å². The molecular formula is C15H22N2O2. The average Bonchev–Trinajstić information content (AvgIpc) is 3.12. The van der Waals surface area contributed by atoms with Gasteiger partial charge in [0.05, 0.1) is 0 Å². The van der Waals surface area contributed by atoms with Gasteiger partial charge >= 0.3 is 0 Å². The summed E-state index contributed by atoms with van der Waals surface area (Å²) < 4.78 is 5.67. The van der Waals surface area contributed by atoms with E-state index in [0.717, 1.165) is 30.6 Å². The molecule has 0 spiro atoms. The highest BCUT2D eigenvalue weighted by atomic mass is 16.5. The van der Waals surface area contributed by atoms with Crippen molar-refractivity contribution in [3.63, 3.8) is 0 Å². The summed E-state index contributed by atoms with van der Waals surface area (Å²) in [6.45, 7) is 3.75. The van der Waals surface area contributed by atoms with Crippen LogP contribution in [0.25, 0.3) is 0 Å². The molecule has 2 rings (SSSR count). The number of rotatable bonds is 6. The van der Waals surface area contributed by atoms with E-state index >= 15 is 0 Å². The predicted molar refractivity (Wildman–Crippen MR) is 75.1 cm³/mol. The van der Waals surface area contributed by atoms with Crippen LogP contribution in [0.1, 0.15) is 32.3 Å². The molecular weight excluding hydrogens is 240 g/mol. The smallest absolute Gasteiger partial charge is 0.260 e. The van der Waals surface area contributed by atoms with Crippen LogP contribution in [0.3, 0.4) is 0 Å². The maximum atomic E-state index is 11.8. The van der Waals surface area contributed by atoms with Crippen molar-refractivity contribution >= 4 is 5.91 Å². The summed E-state index contributed by atoms with van der Waals surface area (Å²) in [5.74, 6) is 0.677. The minimum absolute atomic E-state index is 0.0416. The van der Waals surface area contributed by atoms with E-state index in [2.05, 4.69) is 5.32 Å². The number of nitrogens with two attached hydrogens (primary N) is 1. The highest BCUT2D eigenvalue weighted by Gasteiger charge is 2.26. The van der Waals surface area contributed by atoms with Gasteiger partial charge in [-0.1, -0.05) is 12.1 Å². The number of hydrogen-bond acceptors (Lipinski definition) is 3. The molecule has 2 unspecified atom stereocenters. The van der Waals surface area contributed by atoms with E-state index in [-0.39, 0.29) is 11.9 Å². The number of ether oxygens (including phenoxy) is 1. The SMILES string of the molecule is CC(N)Cc1cccc(OC(C)C(=O)NC2CC2)c1. The Hall–Kier alpha value is -1.55. The second kappa shape index (κ2) is 6.06. The third-order valence-electron chi connectivity index (χ3n) is 3.06. The topological polar surface area (TPSA) is 64.3 Å². The van der Waals surface area contributed by atoms with Crippen LogP contribution in [0.5, 0.6) is 5.75 Å². The molecule has 0 saturated heterocycles. The summed E-state index contributed by atoms with van der Waals surface area (Å²) in [5, 5.41) is 2.94. The molecule has 1 saturated carbocycles. The number of benzene rings is 1. The minimum atomic E-state index is -0.467. The zero-order chi connectivity index (χ0) is 13.8. The fourth-order valence-electron chi connectivity index (χ4n) is 1.92. The van der Waals surface area contributed by atoms with Crippen molar-refractivity contribution in [1.82, 2.24) is 5.32 Å². The van der Waals surface area contributed by atoms with Crippen molar-refractivity contribution < 1.29 is 9.53 Å². The molecule has 2 atom stereocenters. The Labute approximate surface area is 114 Å². The summed E-state index contributed by atoms with van der Waals surface area (Å²) in [5.41, 5.74) is 6.91. The monoisotopic (exact) mass is 262 g/mol. The molecule has 4 nitrogen and oxygen atoms in total. The predicted octanol–water partition coefficient (Wildman–Crippen LogP) is 1.62. The maximum absolute atomic E-state index is 11.8. The standard InChI is InChI=1S/C15H22N2O2/c1-10(16)8-12-4-3-5-14(9-12)19-11(2)15(18)17-13-6-7-13/h3-5,9-11,13H,6-8,16H2,1-2H3,(H,17,18). The van der Waals surface area contributed by atoms with Gasteiger partial charge < -0.3 is 15.8 Å². The third-order valence-corrected chi connectivity index (χ3v) is 3.06. The van der Waals surface area contributed by atoms with Crippen LogP contribution in [0.4, 0.5) is 0 Å². The molecule has 0 bridgehead atoms. The van der Waals surface area contributed by atoms with Crippen molar-refractivity contribution in [3.05, 3.63) is 29.8 Å². The number of carbonyl (C=O) groups excluding carboxylic acids is 1. The van der Waals surface area contributed by atoms with Gasteiger partial charge in [0.25, 0.3) is 5.91 Å². The lowest BCUT2D eigenvalue weighted by molar-refractivity contribution is -0.127. The lowest BCUT2D eigenvalue weighted by atomic mass is 10.1. The van der Waals surface area contributed by atoms with Crippen LogP contribution in [0, 0.1) is 0 Å². The van der Waals surface area contributed by atoms with Crippen molar-refractivity contribution in [2.24, 2.45) is 5.73 Å². The van der Waals surface area contributed by atoms with E-state index in [9.17, 15) is 4.79 Å². The zero-order valence-electron chi connectivity index (χ0n) is 11.6. The van der Waals surface area contributed by atoms with E-state index in [0.29, 0.717) is 6.04 Å². The van der Waals surface area contributed by atoms with Crippen molar-refractivity contribution in [2.75, 3.05) is 0 Å². The Balaban J connectivity index is 1.91. The Morgan fingerprint density at radius 1 is 1.47 bits per heavy atom. The van der Waals surface area contributed by atoms with Crippen molar-refractivity contribution in [1.29, 1.82) is 0 Å². The summed E-state index contributed by atoms with van der Waals surface area (Å²) in [6.07, 6.45) is 2.51. The first-order valence-corrected chi connectivity index (χ1v) is 6.86. The Bertz CT molecular complexity index is 442. The second-order valence-electron chi connectivity index (χ2n) is 5.37. The first-order chi connectivity index (χ1) is 9.04. The first-order valence-electron chi connectivity index (χ1n) is 6.86. The van der Waals surface area contributed by atoms with Gasteiger partial charge in [-0.15, -0.1) is 0 Å². The molecule has 0 heterocycles. The van der Waals surface area contributed by atoms with Gasteiger partial charge in [0, 0.05) is 12.1 Å². The molecule has 1 fully saturated rings. The van der Waals surface area contributed by atoms with Gasteiger partial charge in [-0.3, -0.25) is 4.79 Å². The minimum Gasteiger partial charge on any atom is -0.481 e. The number of amides is 1. The fraction of sp³-hybridized carbons (Fsp3) is 0.533. The highest BCUT2D eigenvalue weighted by molar-refractivity contribution is 5.81. The average molecular weight is 262 g/mol. The van der Waals surface area contributed by atoms with E-state index in [1.807, 2.05) is 31.2 Å². The third kappa shape index (κ3) is 4.56. The van der Waals surface area contributed by atoms with Crippen molar-refractivity contribution in [3.8, 4) is 5.75 Å². The van der Waals surface area contributed by atoms with Gasteiger partial charge in [-0.2, -0.15) is 0 Å². The van der Waals surface area contributed by atoms with Crippen LogP contribution in [0.2, 0.25) is 0 Å². The molecule has 1 aliphatic rings. The Morgan fingerprint density at radius 3 is 2.84 bits per heavy atom. The Kier molecular flexibility index (Phi) is 4.43. The number of hydrogen-bond donors (Lipinski definition) is 2. The highest BCUT2D eigenvalue weighted by Crippen LogP contribution is 2.20. The lowest BCUT2D eigenvalue weighted by Gasteiger charge is -2.15. The van der Waals surface area contributed by atoms with Crippen molar-refractivity contribution in [2.45, 2.75) is 51.3 Å². The fourth-order valence-corrected chi connectivity index (χ4v) is 1.92. The summed E-state index contributed by atoms with van der Waals surface area (Å²) >= 11 is 0. The molecule has 0 radical (unpaired) electrons. The maximum Gasteiger partial charge on any atom is 0.260 e. The van der Waals surface area contributed by atoms with Gasteiger partial charge in [0.15, 0.2) is 6.10 Å². The van der Waals surface area contributed by atoms with Gasteiger partial charge in [-0.25, -0.2) is 0 Å². The molecule has 0 aromatic heterocycles. The Morgan fingerprint density at radius 2 is 2.21 bits per heavy atom. The van der Waals surface area contributed by atoms with Gasteiger partial charge in [0.1, 0.15) is 5.75 Å². The molecule has 1 aromatic rings. The normalized spacial score (nSPS) is 17.6. The lowest BCUT2D eigenvalue weighted by Crippen LogP contribution is -2.37. The van der Waals surface area contributed by atoms with Crippen LogP contribution in [0.15, 0.2) is 24.3 Å². The zero-order valence-corrected chi connectivity index (χ0v) is 11.6. The van der Waals surface area contributed by atoms with E-state index in [4.69, 9.17) is 10.5 Å². The number of carbonyl (C=O) groups is 1. The first kappa shape index (κ1) is 13.9. The summed E-state index contributed by atoms with van der Waals surface area (Å²) in [6, 6.07) is 8.24. The van der Waals surface area contributed by atoms with E-state index in [1.54, 1.807) is 6.92 Å². The second-order valence-corrected chi connectivity index (χ2v) is 5.37. The quantitative estimate of drug-likeness (QED) is 0.819. The largest absolute Gasteiger partial charge is 0.481 e. The number of nitrogens with one attached hydrogen (secondary N) is 1. The molecule has 4 heteroatoms. The summed E-state index contributed by atoms with van der Waals surface area (Å²) in [7, 11) is 0. The molecule has 1 aromatic carbocycles. The van der Waals surface area contributed by atoms with E-state index < -0.39 is 6.10 Å². The van der Waals surface area contributed by atoms with Crippen LogP contribution >= 0.6 is 0 Å². The van der Waals surface area contributed by atoms with Crippen LogP contribution in [-0.2, 0) is 11.2 Å². The molecule has 1 aliphatic carbocycles. The molecule has 0 aliphatic heterocycles. The van der Waals surface area contributed by atoms with Crippen LogP contribution in [-0.4, -0.2) is 24.1 Å². The van der Waals surface area contributed by atoms with E-state index in [1.165, 1.54) is 0 Å². The molecule has 104 valence electrons. The summed E-state index contributed by atoms with van der Waals surface area (Å²) in [4.78, 5) is 11.8. The molecule has 3 N–H and O–H groups in total. The van der Waals surface area contributed by atoms with Gasteiger partial charge in [0.2, 0.25) is 0 Å².